The molecular weight excluding hydrogens is 194 g/mol. The minimum absolute atomic E-state index is 0.645. The lowest BCUT2D eigenvalue weighted by atomic mass is 10.4. The lowest BCUT2D eigenvalue weighted by Gasteiger charge is -2.24. The smallest absolute Gasteiger partial charge is 0.300 e. The van der Waals surface area contributed by atoms with Gasteiger partial charge in [-0.3, -0.25) is 0 Å². The quantitative estimate of drug-likeness (QED) is 0.696. The summed E-state index contributed by atoms with van der Waals surface area (Å²) < 4.78 is 10.9. The molecule has 0 N–H and O–H groups in total. The molecule has 0 aliphatic carbocycles. The maximum atomic E-state index is 5.60. The van der Waals surface area contributed by atoms with Crippen LogP contribution in [0.1, 0.15) is 0 Å². The Labute approximate surface area is 86.7 Å². The standard InChI is InChI=1S/C10H11N3O2/c1-2-8-9(11-3-1)12-10(15-8)13-4-6-14-7-5-13/h1-3H,4-7H2. The number of rotatable bonds is 1. The highest BCUT2D eigenvalue weighted by molar-refractivity contribution is 5.69. The number of morpholine rings is 1. The average Bonchev–Trinajstić information content (AvgIpc) is 2.74. The summed E-state index contributed by atoms with van der Waals surface area (Å²) in [7, 11) is 0. The molecule has 2 aromatic heterocycles. The van der Waals surface area contributed by atoms with E-state index in [9.17, 15) is 0 Å². The minimum Gasteiger partial charge on any atom is -0.422 e. The topological polar surface area (TPSA) is 51.4 Å². The maximum absolute atomic E-state index is 5.60. The molecule has 78 valence electrons. The van der Waals surface area contributed by atoms with Crippen molar-refractivity contribution in [3.05, 3.63) is 18.3 Å². The van der Waals surface area contributed by atoms with Crippen molar-refractivity contribution in [2.24, 2.45) is 0 Å². The van der Waals surface area contributed by atoms with Gasteiger partial charge in [0.2, 0.25) is 5.65 Å². The number of ether oxygens (including phenoxy) is 1. The second kappa shape index (κ2) is 3.51. The SMILES string of the molecule is c1cnc2nc(N3CCOCC3)oc2c1. The predicted octanol–water partition coefficient (Wildman–Crippen LogP) is 1.06. The Morgan fingerprint density at radius 2 is 2.13 bits per heavy atom. The first-order valence-electron chi connectivity index (χ1n) is 4.98. The Kier molecular flexibility index (Phi) is 2.03. The zero-order valence-corrected chi connectivity index (χ0v) is 8.22. The van der Waals surface area contributed by atoms with E-state index in [4.69, 9.17) is 9.15 Å². The summed E-state index contributed by atoms with van der Waals surface area (Å²) in [6.07, 6.45) is 1.72. The number of fused-ring (bicyclic) bond motifs is 1. The van der Waals surface area contributed by atoms with Crippen molar-refractivity contribution in [3.8, 4) is 0 Å². The third-order valence-corrected chi connectivity index (χ3v) is 2.44. The Balaban J connectivity index is 1.96. The number of hydrogen-bond acceptors (Lipinski definition) is 5. The fourth-order valence-corrected chi connectivity index (χ4v) is 1.65. The first-order valence-corrected chi connectivity index (χ1v) is 4.98. The first kappa shape index (κ1) is 8.67. The number of nitrogens with zero attached hydrogens (tertiary/aromatic N) is 3. The second-order valence-electron chi connectivity index (χ2n) is 3.42. The van der Waals surface area contributed by atoms with E-state index in [0.717, 1.165) is 31.9 Å². The average molecular weight is 205 g/mol. The molecule has 3 heterocycles. The molecule has 0 radical (unpaired) electrons. The summed E-state index contributed by atoms with van der Waals surface area (Å²) in [4.78, 5) is 10.5. The fraction of sp³-hybridized carbons (Fsp3) is 0.400. The summed E-state index contributed by atoms with van der Waals surface area (Å²) in [5.74, 6) is 0. The van der Waals surface area contributed by atoms with Crippen LogP contribution in [0.4, 0.5) is 6.01 Å². The molecule has 0 amide bonds. The minimum atomic E-state index is 0.645. The normalized spacial score (nSPS) is 17.2. The van der Waals surface area contributed by atoms with Gasteiger partial charge in [-0.25, -0.2) is 4.98 Å². The fourth-order valence-electron chi connectivity index (χ4n) is 1.65. The lowest BCUT2D eigenvalue weighted by Crippen LogP contribution is -2.36. The third kappa shape index (κ3) is 1.55. The molecule has 1 fully saturated rings. The Morgan fingerprint density at radius 3 is 2.93 bits per heavy atom. The molecule has 0 saturated carbocycles. The molecule has 5 nitrogen and oxygen atoms in total. The van der Waals surface area contributed by atoms with Gasteiger partial charge in [0.05, 0.1) is 13.2 Å². The van der Waals surface area contributed by atoms with Gasteiger partial charge < -0.3 is 14.1 Å². The van der Waals surface area contributed by atoms with Gasteiger partial charge >= 0.3 is 0 Å². The number of aromatic nitrogens is 2. The van der Waals surface area contributed by atoms with Crippen LogP contribution in [0.2, 0.25) is 0 Å². The Morgan fingerprint density at radius 1 is 1.27 bits per heavy atom. The summed E-state index contributed by atoms with van der Waals surface area (Å²) in [6.45, 7) is 3.11. The van der Waals surface area contributed by atoms with E-state index in [2.05, 4.69) is 14.9 Å². The van der Waals surface area contributed by atoms with Crippen molar-refractivity contribution in [2.75, 3.05) is 31.2 Å². The summed E-state index contributed by atoms with van der Waals surface area (Å²) in [5.41, 5.74) is 1.40. The van der Waals surface area contributed by atoms with Crippen LogP contribution in [0, 0.1) is 0 Å². The van der Waals surface area contributed by atoms with Crippen LogP contribution < -0.4 is 4.90 Å². The van der Waals surface area contributed by atoms with Crippen LogP contribution in [-0.2, 0) is 4.74 Å². The summed E-state index contributed by atoms with van der Waals surface area (Å²) in [6, 6.07) is 4.36. The monoisotopic (exact) mass is 205 g/mol. The molecule has 5 heteroatoms. The van der Waals surface area contributed by atoms with E-state index < -0.39 is 0 Å². The van der Waals surface area contributed by atoms with Gasteiger partial charge in [0.15, 0.2) is 5.58 Å². The third-order valence-electron chi connectivity index (χ3n) is 2.44. The van der Waals surface area contributed by atoms with E-state index in [-0.39, 0.29) is 0 Å². The zero-order valence-electron chi connectivity index (χ0n) is 8.22. The van der Waals surface area contributed by atoms with Crippen LogP contribution >= 0.6 is 0 Å². The van der Waals surface area contributed by atoms with Crippen molar-refractivity contribution in [1.29, 1.82) is 0 Å². The molecule has 1 saturated heterocycles. The Bertz CT molecular complexity index is 429. The number of oxazole rings is 1. The van der Waals surface area contributed by atoms with Gasteiger partial charge in [0.25, 0.3) is 6.01 Å². The van der Waals surface area contributed by atoms with Gasteiger partial charge in [-0.1, -0.05) is 0 Å². The molecule has 3 rings (SSSR count). The van der Waals surface area contributed by atoms with E-state index in [1.54, 1.807) is 6.20 Å². The molecule has 15 heavy (non-hydrogen) atoms. The van der Waals surface area contributed by atoms with Gasteiger partial charge in [0.1, 0.15) is 0 Å². The molecule has 0 unspecified atom stereocenters. The number of anilines is 1. The predicted molar refractivity (Wildman–Crippen MR) is 54.8 cm³/mol. The zero-order chi connectivity index (χ0) is 10.1. The second-order valence-corrected chi connectivity index (χ2v) is 3.42. The molecule has 0 bridgehead atoms. The lowest BCUT2D eigenvalue weighted by molar-refractivity contribution is 0.120. The highest BCUT2D eigenvalue weighted by Crippen LogP contribution is 2.20. The highest BCUT2D eigenvalue weighted by atomic mass is 16.5. The van der Waals surface area contributed by atoms with Crippen LogP contribution in [-0.4, -0.2) is 36.3 Å². The molecular formula is C10H11N3O2. The van der Waals surface area contributed by atoms with Crippen molar-refractivity contribution in [2.45, 2.75) is 0 Å². The maximum Gasteiger partial charge on any atom is 0.300 e. The molecule has 0 aromatic carbocycles. The van der Waals surface area contributed by atoms with Gasteiger partial charge in [-0.05, 0) is 12.1 Å². The molecule has 0 atom stereocenters. The van der Waals surface area contributed by atoms with Gasteiger partial charge in [0, 0.05) is 19.3 Å². The van der Waals surface area contributed by atoms with Crippen molar-refractivity contribution < 1.29 is 9.15 Å². The van der Waals surface area contributed by atoms with Crippen LogP contribution in [0.25, 0.3) is 11.2 Å². The van der Waals surface area contributed by atoms with E-state index in [1.807, 2.05) is 12.1 Å². The molecule has 2 aromatic rings. The van der Waals surface area contributed by atoms with Crippen LogP contribution in [0.15, 0.2) is 22.7 Å². The number of pyridine rings is 1. The van der Waals surface area contributed by atoms with E-state index >= 15 is 0 Å². The molecule has 0 spiro atoms. The van der Waals surface area contributed by atoms with Gasteiger partial charge in [-0.2, -0.15) is 4.98 Å². The van der Waals surface area contributed by atoms with Crippen LogP contribution in [0.5, 0.6) is 0 Å². The largest absolute Gasteiger partial charge is 0.422 e. The Hall–Kier alpha value is -1.62. The van der Waals surface area contributed by atoms with E-state index in [0.29, 0.717) is 11.7 Å². The van der Waals surface area contributed by atoms with Crippen LogP contribution in [0.3, 0.4) is 0 Å². The first-order chi connectivity index (χ1) is 7.43. The molecule has 1 aliphatic heterocycles. The molecule has 1 aliphatic rings. The van der Waals surface area contributed by atoms with Crippen molar-refractivity contribution in [1.82, 2.24) is 9.97 Å². The van der Waals surface area contributed by atoms with E-state index in [1.165, 1.54) is 0 Å². The number of hydrogen-bond donors (Lipinski definition) is 0. The summed E-state index contributed by atoms with van der Waals surface area (Å²) >= 11 is 0. The van der Waals surface area contributed by atoms with Gasteiger partial charge in [-0.15, -0.1) is 0 Å². The van der Waals surface area contributed by atoms with Crippen molar-refractivity contribution in [3.63, 3.8) is 0 Å². The summed E-state index contributed by atoms with van der Waals surface area (Å²) in [5, 5.41) is 0. The highest BCUT2D eigenvalue weighted by Gasteiger charge is 2.16. The van der Waals surface area contributed by atoms with Crippen molar-refractivity contribution >= 4 is 17.2 Å².